The Labute approximate surface area is 247 Å². The van der Waals surface area contributed by atoms with Crippen molar-refractivity contribution in [1.82, 2.24) is 9.55 Å². The molecule has 2 aromatic rings. The van der Waals surface area contributed by atoms with E-state index in [1.165, 1.54) is 18.2 Å². The molecule has 0 amide bonds. The highest BCUT2D eigenvalue weighted by Gasteiger charge is 2.43. The molecule has 1 saturated heterocycles. The van der Waals surface area contributed by atoms with E-state index < -0.39 is 82.8 Å². The number of rotatable bonds is 13. The number of phosphoric acid groups is 3. The van der Waals surface area contributed by atoms with Crippen LogP contribution in [0.4, 0.5) is 5.69 Å². The fourth-order valence-corrected chi connectivity index (χ4v) is 7.24. The zero-order chi connectivity index (χ0) is 33.3. The molecule has 2 heterocycles. The second kappa shape index (κ2) is 13.5. The van der Waals surface area contributed by atoms with Gasteiger partial charge in [0.05, 0.1) is 41.5 Å². The maximum absolute atomic E-state index is 12.6. The van der Waals surface area contributed by atoms with Crippen molar-refractivity contribution in [2.24, 2.45) is 5.41 Å². The third kappa shape index (κ3) is 9.79. The second-order valence-corrected chi connectivity index (χ2v) is 14.9. The summed E-state index contributed by atoms with van der Waals surface area (Å²) in [7, 11) is -16.9. The first-order valence-corrected chi connectivity index (χ1v) is 16.9. The van der Waals surface area contributed by atoms with E-state index in [1.807, 2.05) is 0 Å². The molecule has 2 unspecified atom stereocenters. The van der Waals surface area contributed by atoms with Gasteiger partial charge < -0.3 is 34.2 Å². The topological polar surface area (TPSA) is 297 Å². The molecule has 0 radical (unpaired) electrons. The van der Waals surface area contributed by atoms with Crippen LogP contribution in [0.3, 0.4) is 0 Å². The maximum atomic E-state index is 12.6. The van der Waals surface area contributed by atoms with Crippen LogP contribution in [-0.4, -0.2) is 58.0 Å². The van der Waals surface area contributed by atoms with Gasteiger partial charge in [-0.05, 0) is 11.5 Å². The van der Waals surface area contributed by atoms with Gasteiger partial charge in [-0.25, -0.2) is 18.5 Å². The van der Waals surface area contributed by atoms with Crippen molar-refractivity contribution in [2.75, 3.05) is 6.61 Å². The number of aromatic amines is 1. The Hall–Kier alpha value is -2.41. The summed E-state index contributed by atoms with van der Waals surface area (Å²) in [5, 5.41) is 22.0. The number of hydrogen-bond acceptors (Lipinski definition) is 13. The molecule has 23 heteroatoms. The van der Waals surface area contributed by atoms with Gasteiger partial charge in [0.25, 0.3) is 11.2 Å². The summed E-state index contributed by atoms with van der Waals surface area (Å²) in [6, 6.07) is 5.93. The summed E-state index contributed by atoms with van der Waals surface area (Å²) in [5.41, 5.74) is -2.49. The van der Waals surface area contributed by atoms with E-state index in [-0.39, 0.29) is 23.2 Å². The summed E-state index contributed by atoms with van der Waals surface area (Å²) >= 11 is 0. The zero-order valence-electron chi connectivity index (χ0n) is 23.2. The van der Waals surface area contributed by atoms with Crippen molar-refractivity contribution >= 4 is 29.2 Å². The fourth-order valence-electron chi connectivity index (χ4n) is 4.21. The molecule has 20 nitrogen and oxygen atoms in total. The number of benzene rings is 1. The van der Waals surface area contributed by atoms with Crippen LogP contribution >= 0.6 is 23.5 Å². The number of aromatic nitrogens is 2. The molecule has 0 spiro atoms. The molecule has 3 rings (SSSR count). The molecule has 44 heavy (non-hydrogen) atoms. The Morgan fingerprint density at radius 2 is 1.75 bits per heavy atom. The molecule has 1 aromatic carbocycles. The van der Waals surface area contributed by atoms with Crippen molar-refractivity contribution in [3.63, 3.8) is 0 Å². The largest absolute Gasteiger partial charge is 0.490 e. The van der Waals surface area contributed by atoms with E-state index in [1.54, 1.807) is 26.8 Å². The predicted octanol–water partition coefficient (Wildman–Crippen LogP) is 1.74. The lowest BCUT2D eigenvalue weighted by Gasteiger charge is -2.30. The number of aliphatic hydroxyl groups excluding tert-OH is 1. The summed E-state index contributed by atoms with van der Waals surface area (Å²) in [6.45, 7) is 3.94. The average Bonchev–Trinajstić information content (AvgIpc) is 3.21. The minimum atomic E-state index is -5.77. The van der Waals surface area contributed by atoms with E-state index in [0.29, 0.717) is 0 Å². The van der Waals surface area contributed by atoms with Crippen LogP contribution in [0.5, 0.6) is 0 Å². The zero-order valence-corrected chi connectivity index (χ0v) is 25.9. The molecule has 0 aliphatic carbocycles. The minimum Gasteiger partial charge on any atom is -0.390 e. The molecule has 1 aromatic heterocycles. The third-order valence-corrected chi connectivity index (χ3v) is 9.78. The highest BCUT2D eigenvalue weighted by molar-refractivity contribution is 7.66. The van der Waals surface area contributed by atoms with Crippen LogP contribution in [-0.2, 0) is 42.9 Å². The SMILES string of the molecule is CC(C)(C)[C@H](OCc1cn([C@H]2C[C@H](O)[C@@H](COP(=O)(O)OP(=O)(O)OP(=O)(O)O)O2)c(=O)[nH]c1=O)c1ccccc1[N+](=O)[O-]. The van der Waals surface area contributed by atoms with Crippen LogP contribution in [0.25, 0.3) is 0 Å². The first-order valence-electron chi connectivity index (χ1n) is 12.4. The van der Waals surface area contributed by atoms with E-state index in [0.717, 1.165) is 10.8 Å². The van der Waals surface area contributed by atoms with Gasteiger partial charge in [-0.15, -0.1) is 0 Å². The molecule has 246 valence electrons. The van der Waals surface area contributed by atoms with Gasteiger partial charge in [0, 0.05) is 18.7 Å². The van der Waals surface area contributed by atoms with Crippen LogP contribution in [0.2, 0.25) is 0 Å². The monoisotopic (exact) mass is 689 g/mol. The normalized spacial score (nSPS) is 22.7. The van der Waals surface area contributed by atoms with Crippen molar-refractivity contribution in [3.8, 4) is 0 Å². The van der Waals surface area contributed by atoms with Crippen molar-refractivity contribution in [1.29, 1.82) is 0 Å². The second-order valence-electron chi connectivity index (χ2n) is 10.5. The lowest BCUT2D eigenvalue weighted by molar-refractivity contribution is -0.386. The molecule has 0 bridgehead atoms. The molecule has 0 saturated carbocycles. The first kappa shape index (κ1) is 36.1. The molecule has 1 aliphatic heterocycles. The standard InChI is InChI=1S/C21H30N3O17P3/c1-21(2,3)18(13-6-4-5-7-14(13)24(28)29)37-10-12-9-23(20(27)22-19(12)26)17-8-15(25)16(39-17)11-38-43(33,34)41-44(35,36)40-42(30,31)32/h4-7,9,15-18,25H,8,10-11H2,1-3H3,(H,33,34)(H,35,36)(H,22,26,27)(H2,30,31,32)/t15-,16+,17+,18+/m0/s1. The van der Waals surface area contributed by atoms with Crippen molar-refractivity contribution < 1.29 is 65.9 Å². The Morgan fingerprint density at radius 1 is 1.11 bits per heavy atom. The predicted molar refractivity (Wildman–Crippen MR) is 146 cm³/mol. The molecule has 6 N–H and O–H groups in total. The molecular weight excluding hydrogens is 659 g/mol. The Kier molecular flexibility index (Phi) is 11.1. The van der Waals surface area contributed by atoms with Crippen molar-refractivity contribution in [2.45, 2.75) is 58.3 Å². The van der Waals surface area contributed by atoms with Gasteiger partial charge in [0.15, 0.2) is 0 Å². The van der Waals surface area contributed by atoms with Crippen LogP contribution in [0.15, 0.2) is 40.1 Å². The Morgan fingerprint density at radius 3 is 2.34 bits per heavy atom. The Balaban J connectivity index is 1.75. The molecule has 1 aliphatic rings. The molecule has 1 fully saturated rings. The number of nitrogens with one attached hydrogen (secondary N) is 1. The number of H-pyrrole nitrogens is 1. The van der Waals surface area contributed by atoms with Gasteiger partial charge in [-0.1, -0.05) is 32.9 Å². The number of ether oxygens (including phenoxy) is 2. The van der Waals surface area contributed by atoms with Gasteiger partial charge in [-0.3, -0.25) is 29.0 Å². The van der Waals surface area contributed by atoms with Gasteiger partial charge in [-0.2, -0.15) is 8.62 Å². The smallest absolute Gasteiger partial charge is 0.390 e. The number of aliphatic hydroxyl groups is 1. The highest BCUT2D eigenvalue weighted by atomic mass is 31.3. The quantitative estimate of drug-likeness (QED) is 0.0991. The van der Waals surface area contributed by atoms with E-state index in [9.17, 15) is 48.3 Å². The third-order valence-electron chi connectivity index (χ3n) is 5.98. The first-order chi connectivity index (χ1) is 20.1. The lowest BCUT2D eigenvalue weighted by Crippen LogP contribution is -2.35. The number of phosphoric ester groups is 1. The minimum absolute atomic E-state index is 0.0905. The summed E-state index contributed by atoms with van der Waals surface area (Å²) < 4.78 is 58.3. The van der Waals surface area contributed by atoms with Crippen molar-refractivity contribution in [3.05, 3.63) is 72.5 Å². The summed E-state index contributed by atoms with van der Waals surface area (Å²) in [4.78, 5) is 74.3. The van der Waals surface area contributed by atoms with Gasteiger partial charge >= 0.3 is 29.2 Å². The number of hydrogen-bond donors (Lipinski definition) is 6. The summed E-state index contributed by atoms with van der Waals surface area (Å²) in [5.74, 6) is 0. The van der Waals surface area contributed by atoms with Crippen LogP contribution in [0, 0.1) is 15.5 Å². The number of nitrogens with zero attached hydrogens (tertiary/aromatic N) is 2. The van der Waals surface area contributed by atoms with Gasteiger partial charge in [0.2, 0.25) is 0 Å². The van der Waals surface area contributed by atoms with E-state index in [4.69, 9.17) is 19.3 Å². The number of nitro benzene ring substituents is 1. The molecule has 6 atom stereocenters. The number of para-hydroxylation sites is 1. The van der Waals surface area contributed by atoms with Crippen LogP contribution < -0.4 is 11.2 Å². The number of nitro groups is 1. The molecular formula is C21H30N3O17P3. The van der Waals surface area contributed by atoms with E-state index in [2.05, 4.69) is 18.1 Å². The lowest BCUT2D eigenvalue weighted by atomic mass is 9.84. The maximum Gasteiger partial charge on any atom is 0.490 e. The Bertz CT molecular complexity index is 1630. The summed E-state index contributed by atoms with van der Waals surface area (Å²) in [6.07, 6.45) is -4.24. The van der Waals surface area contributed by atoms with Gasteiger partial charge in [0.1, 0.15) is 12.3 Å². The van der Waals surface area contributed by atoms with E-state index >= 15 is 0 Å². The average molecular weight is 689 g/mol. The highest BCUT2D eigenvalue weighted by Crippen LogP contribution is 2.66. The van der Waals surface area contributed by atoms with Crippen LogP contribution in [0.1, 0.15) is 50.7 Å². The fraction of sp³-hybridized carbons (Fsp3) is 0.524.